The smallest absolute Gasteiger partial charge is 0.114 e. The first-order valence-corrected chi connectivity index (χ1v) is 10.3. The minimum absolute atomic E-state index is 0.596. The molecule has 0 aliphatic carbocycles. The molecule has 4 aromatic rings. The molecular formula is C25H25ClN2. The van der Waals surface area contributed by atoms with Gasteiger partial charge in [0.2, 0.25) is 0 Å². The molecule has 0 aliphatic rings. The van der Waals surface area contributed by atoms with Gasteiger partial charge < -0.3 is 4.57 Å². The van der Waals surface area contributed by atoms with Crippen LogP contribution in [-0.2, 0) is 13.0 Å². The number of halogens is 1. The van der Waals surface area contributed by atoms with E-state index in [9.17, 15) is 0 Å². The summed E-state index contributed by atoms with van der Waals surface area (Å²) in [5.41, 5.74) is 5.98. The third-order valence-corrected chi connectivity index (χ3v) is 5.91. The molecule has 2 nitrogen and oxygen atoms in total. The molecule has 4 rings (SSSR count). The maximum Gasteiger partial charge on any atom is 0.114 e. The maximum absolute atomic E-state index is 6.41. The molecule has 0 fully saturated rings. The summed E-state index contributed by atoms with van der Waals surface area (Å²) in [5, 5.41) is 0.791. The van der Waals surface area contributed by atoms with Crippen LogP contribution >= 0.6 is 11.6 Å². The van der Waals surface area contributed by atoms with Crippen LogP contribution in [0.2, 0.25) is 5.02 Å². The predicted molar refractivity (Wildman–Crippen MR) is 118 cm³/mol. The lowest BCUT2D eigenvalue weighted by Gasteiger charge is -2.13. The third-order valence-electron chi connectivity index (χ3n) is 5.54. The van der Waals surface area contributed by atoms with Crippen LogP contribution < -0.4 is 0 Å². The highest BCUT2D eigenvalue weighted by Crippen LogP contribution is 2.24. The van der Waals surface area contributed by atoms with Gasteiger partial charge in [-0.25, -0.2) is 4.98 Å². The number of fused-ring (bicyclic) bond motifs is 1. The number of imidazole rings is 1. The number of rotatable bonds is 6. The van der Waals surface area contributed by atoms with Crippen molar-refractivity contribution in [2.24, 2.45) is 0 Å². The van der Waals surface area contributed by atoms with E-state index in [1.807, 2.05) is 24.3 Å². The lowest BCUT2D eigenvalue weighted by Crippen LogP contribution is -2.06. The Balaban J connectivity index is 1.70. The van der Waals surface area contributed by atoms with Crippen molar-refractivity contribution in [1.82, 2.24) is 9.55 Å². The summed E-state index contributed by atoms with van der Waals surface area (Å²) in [7, 11) is 0. The van der Waals surface area contributed by atoms with Gasteiger partial charge in [0, 0.05) is 18.0 Å². The standard InChI is InChI=1S/C25H25ClN2/c1-3-18(2)20-14-12-19(13-15-20)17-28-24-11-7-6-10-23(24)27-25(28)16-21-8-4-5-9-22(21)26/h4-15,18H,3,16-17H2,1-2H3. The van der Waals surface area contributed by atoms with E-state index in [1.165, 1.54) is 11.1 Å². The Kier molecular flexibility index (Phi) is 5.50. The topological polar surface area (TPSA) is 17.8 Å². The minimum Gasteiger partial charge on any atom is -0.323 e. The summed E-state index contributed by atoms with van der Waals surface area (Å²) in [6.07, 6.45) is 1.88. The molecule has 0 saturated carbocycles. The molecule has 0 saturated heterocycles. The SMILES string of the molecule is CCC(C)c1ccc(Cn2c(Cc3ccccc3Cl)nc3ccccc32)cc1. The first kappa shape index (κ1) is 18.8. The summed E-state index contributed by atoms with van der Waals surface area (Å²) in [6.45, 7) is 5.32. The molecule has 0 radical (unpaired) electrons. The average Bonchev–Trinajstić information content (AvgIpc) is 3.07. The van der Waals surface area contributed by atoms with Crippen LogP contribution in [0.3, 0.4) is 0 Å². The Morgan fingerprint density at radius 2 is 1.64 bits per heavy atom. The summed E-state index contributed by atoms with van der Waals surface area (Å²) < 4.78 is 2.32. The predicted octanol–water partition coefficient (Wildman–Crippen LogP) is 6.84. The summed E-state index contributed by atoms with van der Waals surface area (Å²) in [4.78, 5) is 4.91. The quantitative estimate of drug-likeness (QED) is 0.353. The van der Waals surface area contributed by atoms with Gasteiger partial charge in [0.25, 0.3) is 0 Å². The van der Waals surface area contributed by atoms with E-state index in [4.69, 9.17) is 16.6 Å². The lowest BCUT2D eigenvalue weighted by atomic mass is 9.97. The summed E-state index contributed by atoms with van der Waals surface area (Å²) in [6, 6.07) is 25.4. The molecule has 28 heavy (non-hydrogen) atoms. The lowest BCUT2D eigenvalue weighted by molar-refractivity contribution is 0.729. The van der Waals surface area contributed by atoms with E-state index in [1.54, 1.807) is 0 Å². The number of benzene rings is 3. The molecule has 142 valence electrons. The van der Waals surface area contributed by atoms with Crippen LogP contribution in [0.1, 0.15) is 48.7 Å². The molecular weight excluding hydrogens is 364 g/mol. The van der Waals surface area contributed by atoms with Crippen LogP contribution in [-0.4, -0.2) is 9.55 Å². The fraction of sp³-hybridized carbons (Fsp3) is 0.240. The van der Waals surface area contributed by atoms with Gasteiger partial charge in [-0.05, 0) is 47.2 Å². The first-order chi connectivity index (χ1) is 13.7. The van der Waals surface area contributed by atoms with Gasteiger partial charge in [-0.1, -0.05) is 80.0 Å². The summed E-state index contributed by atoms with van der Waals surface area (Å²) in [5.74, 6) is 1.64. The Labute approximate surface area is 171 Å². The number of aromatic nitrogens is 2. The minimum atomic E-state index is 0.596. The maximum atomic E-state index is 6.41. The second kappa shape index (κ2) is 8.20. The van der Waals surface area contributed by atoms with Crippen LogP contribution in [0.15, 0.2) is 72.8 Å². The molecule has 1 heterocycles. The number of hydrogen-bond donors (Lipinski definition) is 0. The molecule has 0 N–H and O–H groups in total. The van der Waals surface area contributed by atoms with Crippen molar-refractivity contribution in [3.8, 4) is 0 Å². The van der Waals surface area contributed by atoms with Crippen molar-refractivity contribution >= 4 is 22.6 Å². The molecule has 0 amide bonds. The molecule has 1 aromatic heterocycles. The molecule has 0 spiro atoms. The first-order valence-electron chi connectivity index (χ1n) is 9.92. The Hall–Kier alpha value is -2.58. The molecule has 1 unspecified atom stereocenters. The van der Waals surface area contributed by atoms with Gasteiger partial charge >= 0.3 is 0 Å². The van der Waals surface area contributed by atoms with Crippen molar-refractivity contribution in [2.75, 3.05) is 0 Å². The molecule has 0 bridgehead atoms. The van der Waals surface area contributed by atoms with Crippen molar-refractivity contribution in [1.29, 1.82) is 0 Å². The van der Waals surface area contributed by atoms with Crippen molar-refractivity contribution in [2.45, 2.75) is 39.2 Å². The van der Waals surface area contributed by atoms with Crippen molar-refractivity contribution in [3.05, 3.63) is 100 Å². The van der Waals surface area contributed by atoms with Crippen LogP contribution in [0, 0.1) is 0 Å². The highest BCUT2D eigenvalue weighted by Gasteiger charge is 2.13. The van der Waals surface area contributed by atoms with E-state index in [2.05, 4.69) is 66.9 Å². The highest BCUT2D eigenvalue weighted by atomic mass is 35.5. The van der Waals surface area contributed by atoms with E-state index in [-0.39, 0.29) is 0 Å². The summed E-state index contributed by atoms with van der Waals surface area (Å²) >= 11 is 6.41. The van der Waals surface area contributed by atoms with E-state index in [0.29, 0.717) is 5.92 Å². The monoisotopic (exact) mass is 388 g/mol. The normalized spacial score (nSPS) is 12.4. The van der Waals surface area contributed by atoms with Gasteiger partial charge in [-0.2, -0.15) is 0 Å². The highest BCUT2D eigenvalue weighted by molar-refractivity contribution is 6.31. The van der Waals surface area contributed by atoms with Gasteiger partial charge in [-0.3, -0.25) is 0 Å². The van der Waals surface area contributed by atoms with E-state index in [0.717, 1.165) is 46.8 Å². The third kappa shape index (κ3) is 3.83. The number of hydrogen-bond acceptors (Lipinski definition) is 1. The van der Waals surface area contributed by atoms with Crippen molar-refractivity contribution in [3.63, 3.8) is 0 Å². The number of nitrogens with zero attached hydrogens (tertiary/aromatic N) is 2. The molecule has 0 aliphatic heterocycles. The van der Waals surface area contributed by atoms with Crippen LogP contribution in [0.5, 0.6) is 0 Å². The average molecular weight is 389 g/mol. The second-order valence-electron chi connectivity index (χ2n) is 7.42. The largest absolute Gasteiger partial charge is 0.323 e. The van der Waals surface area contributed by atoms with Crippen LogP contribution in [0.4, 0.5) is 0 Å². The van der Waals surface area contributed by atoms with Crippen LogP contribution in [0.25, 0.3) is 11.0 Å². The number of para-hydroxylation sites is 2. The second-order valence-corrected chi connectivity index (χ2v) is 7.83. The van der Waals surface area contributed by atoms with Gasteiger partial charge in [0.1, 0.15) is 5.82 Å². The van der Waals surface area contributed by atoms with E-state index < -0.39 is 0 Å². The van der Waals surface area contributed by atoms with Crippen molar-refractivity contribution < 1.29 is 0 Å². The molecule has 3 heteroatoms. The zero-order valence-electron chi connectivity index (χ0n) is 16.4. The fourth-order valence-electron chi connectivity index (χ4n) is 3.62. The van der Waals surface area contributed by atoms with E-state index >= 15 is 0 Å². The van der Waals surface area contributed by atoms with Gasteiger partial charge in [0.15, 0.2) is 0 Å². The Bertz CT molecular complexity index is 1080. The molecule has 1 atom stereocenters. The van der Waals surface area contributed by atoms with Gasteiger partial charge in [0.05, 0.1) is 11.0 Å². The Morgan fingerprint density at radius 3 is 2.39 bits per heavy atom. The zero-order valence-corrected chi connectivity index (χ0v) is 17.2. The van der Waals surface area contributed by atoms with Gasteiger partial charge in [-0.15, -0.1) is 0 Å². The zero-order chi connectivity index (χ0) is 19.5. The Morgan fingerprint density at radius 1 is 0.929 bits per heavy atom. The fourth-order valence-corrected chi connectivity index (χ4v) is 3.82. The molecule has 3 aromatic carbocycles.